The number of carbonyl (C=O) groups is 1. The number of fused-ring (bicyclic) bond motifs is 1. The summed E-state index contributed by atoms with van der Waals surface area (Å²) in [5, 5.41) is 3.41. The highest BCUT2D eigenvalue weighted by Crippen LogP contribution is 2.24. The Balaban J connectivity index is 1.87. The van der Waals surface area contributed by atoms with E-state index in [2.05, 4.69) is 5.32 Å². The molecule has 0 saturated carbocycles. The molecule has 2 rings (SSSR count). The summed E-state index contributed by atoms with van der Waals surface area (Å²) in [5.74, 6) is 0.805. The van der Waals surface area contributed by atoms with Gasteiger partial charge in [-0.15, -0.1) is 0 Å². The second kappa shape index (κ2) is 3.64. The van der Waals surface area contributed by atoms with Gasteiger partial charge in [0.05, 0.1) is 0 Å². The minimum atomic E-state index is 0.124. The summed E-state index contributed by atoms with van der Waals surface area (Å²) < 4.78 is 4.83. The summed E-state index contributed by atoms with van der Waals surface area (Å²) in [4.78, 5) is 13.4. The van der Waals surface area contributed by atoms with Crippen LogP contribution >= 0.6 is 0 Å². The number of methoxy groups -OCH3 is 1. The highest BCUT2D eigenvalue weighted by atomic mass is 16.5. The van der Waals surface area contributed by atoms with Crippen molar-refractivity contribution in [1.29, 1.82) is 0 Å². The van der Waals surface area contributed by atoms with Crippen LogP contribution < -0.4 is 5.32 Å². The second-order valence-corrected chi connectivity index (χ2v) is 3.84. The monoisotopic (exact) mass is 184 g/mol. The second-order valence-electron chi connectivity index (χ2n) is 3.84. The van der Waals surface area contributed by atoms with Gasteiger partial charge in [-0.2, -0.15) is 0 Å². The summed E-state index contributed by atoms with van der Waals surface area (Å²) in [6.45, 7) is 3.12. The molecule has 0 aromatic rings. The van der Waals surface area contributed by atoms with Gasteiger partial charge in [0, 0.05) is 26.2 Å². The largest absolute Gasteiger partial charge is 0.375 e. The highest BCUT2D eigenvalue weighted by Gasteiger charge is 2.37. The van der Waals surface area contributed by atoms with E-state index in [0.29, 0.717) is 12.0 Å². The average Bonchev–Trinajstić information content (AvgIpc) is 2.61. The molecule has 0 radical (unpaired) electrons. The fourth-order valence-electron chi connectivity index (χ4n) is 2.27. The molecule has 74 valence electrons. The number of likely N-dealkylation sites (tertiary alicyclic amines) is 1. The average molecular weight is 184 g/mol. The van der Waals surface area contributed by atoms with Crippen LogP contribution in [0.1, 0.15) is 6.42 Å². The predicted octanol–water partition coefficient (Wildman–Crippen LogP) is -0.547. The van der Waals surface area contributed by atoms with Crippen molar-refractivity contribution in [2.75, 3.05) is 33.4 Å². The lowest BCUT2D eigenvalue weighted by atomic mass is 10.1. The lowest BCUT2D eigenvalue weighted by Crippen LogP contribution is -2.35. The molecule has 0 unspecified atom stereocenters. The summed E-state index contributed by atoms with van der Waals surface area (Å²) in [6, 6.07) is 0.542. The predicted molar refractivity (Wildman–Crippen MR) is 48.4 cm³/mol. The Labute approximate surface area is 78.2 Å². The van der Waals surface area contributed by atoms with Crippen molar-refractivity contribution in [1.82, 2.24) is 10.2 Å². The first kappa shape index (κ1) is 8.97. The molecule has 4 heteroatoms. The third-order valence-electron chi connectivity index (χ3n) is 2.98. The van der Waals surface area contributed by atoms with Crippen LogP contribution in [0.5, 0.6) is 0 Å². The number of nitrogens with one attached hydrogen (secondary N) is 1. The van der Waals surface area contributed by atoms with E-state index >= 15 is 0 Å². The Morgan fingerprint density at radius 3 is 3.15 bits per heavy atom. The van der Waals surface area contributed by atoms with Crippen LogP contribution in [0.3, 0.4) is 0 Å². The molecule has 2 saturated heterocycles. The van der Waals surface area contributed by atoms with E-state index in [-0.39, 0.29) is 12.5 Å². The minimum absolute atomic E-state index is 0.124. The van der Waals surface area contributed by atoms with E-state index in [0.717, 1.165) is 19.6 Å². The van der Waals surface area contributed by atoms with Crippen molar-refractivity contribution in [2.24, 2.45) is 5.92 Å². The Morgan fingerprint density at radius 1 is 1.62 bits per heavy atom. The standard InChI is InChI=1S/C9H16N2O2/c1-13-6-9(12)11-4-7-2-3-10-8(7)5-11/h7-8,10H,2-6H2,1H3/t7-,8+/m0/s1. The summed E-state index contributed by atoms with van der Waals surface area (Å²) in [6.07, 6.45) is 1.21. The molecule has 0 aromatic heterocycles. The molecule has 0 aromatic carbocycles. The van der Waals surface area contributed by atoms with Crippen molar-refractivity contribution in [2.45, 2.75) is 12.5 Å². The third-order valence-corrected chi connectivity index (χ3v) is 2.98. The van der Waals surface area contributed by atoms with Gasteiger partial charge in [0.25, 0.3) is 0 Å². The van der Waals surface area contributed by atoms with Gasteiger partial charge in [0.2, 0.25) is 5.91 Å². The number of amides is 1. The molecular weight excluding hydrogens is 168 g/mol. The normalized spacial score (nSPS) is 32.2. The molecule has 2 fully saturated rings. The molecule has 2 aliphatic rings. The fraction of sp³-hybridized carbons (Fsp3) is 0.889. The Morgan fingerprint density at radius 2 is 2.46 bits per heavy atom. The van der Waals surface area contributed by atoms with Gasteiger partial charge in [-0.05, 0) is 18.9 Å². The zero-order valence-corrected chi connectivity index (χ0v) is 7.95. The maximum Gasteiger partial charge on any atom is 0.248 e. The summed E-state index contributed by atoms with van der Waals surface area (Å²) >= 11 is 0. The van der Waals surface area contributed by atoms with Crippen LogP contribution in [0.4, 0.5) is 0 Å². The van der Waals surface area contributed by atoms with Crippen molar-refractivity contribution in [3.8, 4) is 0 Å². The number of rotatable bonds is 2. The van der Waals surface area contributed by atoms with Gasteiger partial charge in [0.1, 0.15) is 6.61 Å². The van der Waals surface area contributed by atoms with Crippen molar-refractivity contribution in [3.05, 3.63) is 0 Å². The molecule has 0 spiro atoms. The number of ether oxygens (including phenoxy) is 1. The van der Waals surface area contributed by atoms with Gasteiger partial charge in [-0.1, -0.05) is 0 Å². The first-order valence-corrected chi connectivity index (χ1v) is 4.81. The Bertz CT molecular complexity index is 196. The maximum absolute atomic E-state index is 11.4. The maximum atomic E-state index is 11.4. The smallest absolute Gasteiger partial charge is 0.248 e. The number of hydrogen-bond donors (Lipinski definition) is 1. The molecular formula is C9H16N2O2. The topological polar surface area (TPSA) is 41.6 Å². The van der Waals surface area contributed by atoms with Crippen molar-refractivity contribution in [3.63, 3.8) is 0 Å². The lowest BCUT2D eigenvalue weighted by molar-refractivity contribution is -0.134. The van der Waals surface area contributed by atoms with Crippen LogP contribution in [0, 0.1) is 5.92 Å². The SMILES string of the molecule is COCC(=O)N1C[C@@H]2CCN[C@@H]2C1. The zero-order valence-electron chi connectivity index (χ0n) is 7.95. The number of carbonyl (C=O) groups excluding carboxylic acids is 1. The molecule has 2 aliphatic heterocycles. The molecule has 4 nitrogen and oxygen atoms in total. The molecule has 13 heavy (non-hydrogen) atoms. The van der Waals surface area contributed by atoms with Gasteiger partial charge >= 0.3 is 0 Å². The van der Waals surface area contributed by atoms with Crippen LogP contribution in [0.2, 0.25) is 0 Å². The van der Waals surface area contributed by atoms with E-state index in [1.165, 1.54) is 6.42 Å². The summed E-state index contributed by atoms with van der Waals surface area (Å²) in [7, 11) is 1.56. The van der Waals surface area contributed by atoms with Gasteiger partial charge in [-0.3, -0.25) is 4.79 Å². The van der Waals surface area contributed by atoms with Crippen molar-refractivity contribution >= 4 is 5.91 Å². The molecule has 1 N–H and O–H groups in total. The zero-order chi connectivity index (χ0) is 9.26. The van der Waals surface area contributed by atoms with Crippen LogP contribution in [0.15, 0.2) is 0 Å². The Hall–Kier alpha value is -0.610. The minimum Gasteiger partial charge on any atom is -0.375 e. The third kappa shape index (κ3) is 1.69. The van der Waals surface area contributed by atoms with E-state index in [4.69, 9.17) is 4.74 Å². The van der Waals surface area contributed by atoms with E-state index < -0.39 is 0 Å². The molecule has 1 amide bonds. The van der Waals surface area contributed by atoms with Crippen molar-refractivity contribution < 1.29 is 9.53 Å². The Kier molecular flexibility index (Phi) is 2.51. The summed E-state index contributed by atoms with van der Waals surface area (Å²) in [5.41, 5.74) is 0. The lowest BCUT2D eigenvalue weighted by Gasteiger charge is -2.16. The molecule has 0 bridgehead atoms. The van der Waals surface area contributed by atoms with Gasteiger partial charge in [-0.25, -0.2) is 0 Å². The first-order valence-electron chi connectivity index (χ1n) is 4.81. The van der Waals surface area contributed by atoms with Gasteiger partial charge in [0.15, 0.2) is 0 Å². The molecule has 2 atom stereocenters. The quantitative estimate of drug-likeness (QED) is 0.626. The van der Waals surface area contributed by atoms with Crippen LogP contribution in [-0.4, -0.2) is 50.2 Å². The van der Waals surface area contributed by atoms with E-state index in [1.807, 2.05) is 4.90 Å². The first-order chi connectivity index (χ1) is 6.31. The molecule has 0 aliphatic carbocycles. The van der Waals surface area contributed by atoms with Crippen LogP contribution in [-0.2, 0) is 9.53 Å². The van der Waals surface area contributed by atoms with E-state index in [9.17, 15) is 4.79 Å². The molecule has 2 heterocycles. The van der Waals surface area contributed by atoms with E-state index in [1.54, 1.807) is 7.11 Å². The number of hydrogen-bond acceptors (Lipinski definition) is 3. The van der Waals surface area contributed by atoms with Gasteiger partial charge < -0.3 is 15.0 Å². The number of nitrogens with zero attached hydrogens (tertiary/aromatic N) is 1. The highest BCUT2D eigenvalue weighted by molar-refractivity contribution is 5.77. The van der Waals surface area contributed by atoms with Crippen LogP contribution in [0.25, 0.3) is 0 Å². The fourth-order valence-corrected chi connectivity index (χ4v) is 2.27.